The standard InChI is InChI=1S/C10H13IN2O2S/c1-7(16-2)6-12-8-3-4-10(13(14)15)9(11)5-8/h3-5,7,12H,6H2,1-2H3. The third-order valence-electron chi connectivity index (χ3n) is 2.14. The third kappa shape index (κ3) is 3.82. The molecule has 0 saturated heterocycles. The van der Waals surface area contributed by atoms with E-state index in [1.165, 1.54) is 6.07 Å². The number of benzene rings is 1. The fraction of sp³-hybridized carbons (Fsp3) is 0.400. The topological polar surface area (TPSA) is 55.2 Å². The van der Waals surface area contributed by atoms with Gasteiger partial charge >= 0.3 is 0 Å². The summed E-state index contributed by atoms with van der Waals surface area (Å²) in [5.41, 5.74) is 1.08. The van der Waals surface area contributed by atoms with Crippen molar-refractivity contribution in [3.8, 4) is 0 Å². The van der Waals surface area contributed by atoms with Gasteiger partial charge in [-0.15, -0.1) is 0 Å². The molecule has 1 rings (SSSR count). The van der Waals surface area contributed by atoms with Crippen molar-refractivity contribution in [2.45, 2.75) is 12.2 Å². The van der Waals surface area contributed by atoms with E-state index in [1.54, 1.807) is 23.9 Å². The van der Waals surface area contributed by atoms with Crippen LogP contribution in [0.15, 0.2) is 18.2 Å². The van der Waals surface area contributed by atoms with E-state index >= 15 is 0 Å². The number of nitro benzene ring substituents is 1. The van der Waals surface area contributed by atoms with Crippen molar-refractivity contribution >= 4 is 45.7 Å². The molecule has 1 unspecified atom stereocenters. The van der Waals surface area contributed by atoms with E-state index in [0.29, 0.717) is 8.82 Å². The van der Waals surface area contributed by atoms with E-state index in [9.17, 15) is 10.1 Å². The van der Waals surface area contributed by atoms with Crippen LogP contribution in [-0.2, 0) is 0 Å². The Hall–Kier alpha value is -0.500. The van der Waals surface area contributed by atoms with Crippen LogP contribution in [0.4, 0.5) is 11.4 Å². The molecule has 4 nitrogen and oxygen atoms in total. The SMILES string of the molecule is CSC(C)CNc1ccc([N+](=O)[O-])c(I)c1. The van der Waals surface area contributed by atoms with Gasteiger partial charge in [-0.2, -0.15) is 11.8 Å². The van der Waals surface area contributed by atoms with Crippen LogP contribution >= 0.6 is 34.4 Å². The van der Waals surface area contributed by atoms with Crippen LogP contribution in [0.25, 0.3) is 0 Å². The van der Waals surface area contributed by atoms with Crippen LogP contribution in [-0.4, -0.2) is 23.0 Å². The molecule has 1 N–H and O–H groups in total. The van der Waals surface area contributed by atoms with Crippen LogP contribution in [0.5, 0.6) is 0 Å². The summed E-state index contributed by atoms with van der Waals surface area (Å²) >= 11 is 3.76. The summed E-state index contributed by atoms with van der Waals surface area (Å²) in [5, 5.41) is 14.4. The normalized spacial score (nSPS) is 12.2. The van der Waals surface area contributed by atoms with Gasteiger partial charge in [0.1, 0.15) is 0 Å². The molecule has 1 atom stereocenters. The fourth-order valence-corrected chi connectivity index (χ4v) is 2.07. The minimum Gasteiger partial charge on any atom is -0.384 e. The lowest BCUT2D eigenvalue weighted by molar-refractivity contribution is -0.385. The van der Waals surface area contributed by atoms with Crippen LogP contribution in [0.2, 0.25) is 0 Å². The minimum atomic E-state index is -0.365. The second-order valence-electron chi connectivity index (χ2n) is 3.35. The van der Waals surface area contributed by atoms with Gasteiger partial charge in [-0.25, -0.2) is 0 Å². The zero-order chi connectivity index (χ0) is 12.1. The highest BCUT2D eigenvalue weighted by Gasteiger charge is 2.11. The molecule has 6 heteroatoms. The zero-order valence-electron chi connectivity index (χ0n) is 9.07. The smallest absolute Gasteiger partial charge is 0.282 e. The molecule has 0 fully saturated rings. The van der Waals surface area contributed by atoms with Crippen LogP contribution in [0, 0.1) is 13.7 Å². The first-order chi connectivity index (χ1) is 7.54. The Labute approximate surface area is 112 Å². The molecular weight excluding hydrogens is 339 g/mol. The molecule has 0 amide bonds. The second kappa shape index (κ2) is 6.29. The van der Waals surface area contributed by atoms with Crippen molar-refractivity contribution in [1.82, 2.24) is 0 Å². The summed E-state index contributed by atoms with van der Waals surface area (Å²) in [6.45, 7) is 2.99. The Morgan fingerprint density at radius 2 is 2.31 bits per heavy atom. The highest BCUT2D eigenvalue weighted by atomic mass is 127. The Morgan fingerprint density at radius 1 is 1.62 bits per heavy atom. The first-order valence-electron chi connectivity index (χ1n) is 4.75. The van der Waals surface area contributed by atoms with Gasteiger partial charge in [-0.05, 0) is 41.0 Å². The maximum atomic E-state index is 10.6. The number of thioether (sulfide) groups is 1. The van der Waals surface area contributed by atoms with Gasteiger partial charge in [0, 0.05) is 23.5 Å². The summed E-state index contributed by atoms with van der Waals surface area (Å²) in [7, 11) is 0. The van der Waals surface area contributed by atoms with E-state index in [0.717, 1.165) is 12.2 Å². The minimum absolute atomic E-state index is 0.157. The molecule has 16 heavy (non-hydrogen) atoms. The summed E-state index contributed by atoms with van der Waals surface area (Å²) in [6.07, 6.45) is 2.06. The predicted octanol–water partition coefficient (Wildman–Crippen LogP) is 3.36. The largest absolute Gasteiger partial charge is 0.384 e. The van der Waals surface area contributed by atoms with Gasteiger partial charge in [0.05, 0.1) is 8.49 Å². The third-order valence-corrected chi connectivity index (χ3v) is 3.98. The quantitative estimate of drug-likeness (QED) is 0.502. The molecule has 0 radical (unpaired) electrons. The van der Waals surface area contributed by atoms with E-state index in [1.807, 2.05) is 22.6 Å². The lowest BCUT2D eigenvalue weighted by atomic mass is 10.3. The summed E-state index contributed by atoms with van der Waals surface area (Å²) < 4.78 is 0.657. The van der Waals surface area contributed by atoms with Gasteiger partial charge in [-0.1, -0.05) is 6.92 Å². The van der Waals surface area contributed by atoms with Crippen molar-refractivity contribution < 1.29 is 4.92 Å². The zero-order valence-corrected chi connectivity index (χ0v) is 12.0. The molecule has 88 valence electrons. The number of anilines is 1. The Kier molecular flexibility index (Phi) is 5.33. The lowest BCUT2D eigenvalue weighted by Gasteiger charge is -2.11. The molecular formula is C10H13IN2O2S. The van der Waals surface area contributed by atoms with Gasteiger partial charge in [0.15, 0.2) is 0 Å². The number of nitro groups is 1. The van der Waals surface area contributed by atoms with Crippen molar-refractivity contribution in [3.63, 3.8) is 0 Å². The van der Waals surface area contributed by atoms with Crippen molar-refractivity contribution in [3.05, 3.63) is 31.9 Å². The van der Waals surface area contributed by atoms with Crippen LogP contribution in [0.3, 0.4) is 0 Å². The maximum absolute atomic E-state index is 10.6. The maximum Gasteiger partial charge on any atom is 0.282 e. The van der Waals surface area contributed by atoms with Gasteiger partial charge in [0.2, 0.25) is 0 Å². The average Bonchev–Trinajstić information content (AvgIpc) is 2.25. The van der Waals surface area contributed by atoms with E-state index in [4.69, 9.17) is 0 Å². The molecule has 0 bridgehead atoms. The van der Waals surface area contributed by atoms with Gasteiger partial charge < -0.3 is 5.32 Å². The highest BCUT2D eigenvalue weighted by Crippen LogP contribution is 2.24. The number of nitrogens with one attached hydrogen (secondary N) is 1. The first-order valence-corrected chi connectivity index (χ1v) is 7.12. The number of rotatable bonds is 5. The predicted molar refractivity (Wildman–Crippen MR) is 77.3 cm³/mol. The van der Waals surface area contributed by atoms with Crippen molar-refractivity contribution in [2.75, 3.05) is 18.1 Å². The van der Waals surface area contributed by atoms with Gasteiger partial charge in [0.25, 0.3) is 5.69 Å². The Morgan fingerprint density at radius 3 is 2.81 bits per heavy atom. The van der Waals surface area contributed by atoms with E-state index < -0.39 is 0 Å². The average molecular weight is 352 g/mol. The van der Waals surface area contributed by atoms with Crippen LogP contribution < -0.4 is 5.32 Å². The Bertz CT molecular complexity index is 387. The molecule has 0 spiro atoms. The fourth-order valence-electron chi connectivity index (χ4n) is 1.11. The molecule has 0 heterocycles. The summed E-state index contributed by atoms with van der Waals surface area (Å²) in [5.74, 6) is 0. The molecule has 0 aliphatic rings. The summed E-state index contributed by atoms with van der Waals surface area (Å²) in [6, 6.07) is 5.08. The molecule has 0 saturated carbocycles. The first kappa shape index (κ1) is 13.6. The number of hydrogen-bond acceptors (Lipinski definition) is 4. The second-order valence-corrected chi connectivity index (χ2v) is 5.79. The summed E-state index contributed by atoms with van der Waals surface area (Å²) in [4.78, 5) is 10.3. The molecule has 0 aliphatic carbocycles. The van der Waals surface area contributed by atoms with Crippen molar-refractivity contribution in [1.29, 1.82) is 0 Å². The Balaban J connectivity index is 2.70. The van der Waals surface area contributed by atoms with Crippen molar-refractivity contribution in [2.24, 2.45) is 0 Å². The van der Waals surface area contributed by atoms with Gasteiger partial charge in [-0.3, -0.25) is 10.1 Å². The van der Waals surface area contributed by atoms with E-state index in [-0.39, 0.29) is 10.6 Å². The monoisotopic (exact) mass is 352 g/mol. The molecule has 1 aromatic rings. The number of hydrogen-bond donors (Lipinski definition) is 1. The number of nitrogens with zero attached hydrogens (tertiary/aromatic N) is 1. The van der Waals surface area contributed by atoms with E-state index in [2.05, 4.69) is 18.5 Å². The van der Waals surface area contributed by atoms with Crippen LogP contribution in [0.1, 0.15) is 6.92 Å². The molecule has 0 aromatic heterocycles. The number of halogens is 1. The molecule has 1 aromatic carbocycles. The molecule has 0 aliphatic heterocycles. The lowest BCUT2D eigenvalue weighted by Crippen LogP contribution is -2.12. The highest BCUT2D eigenvalue weighted by molar-refractivity contribution is 14.1.